The van der Waals surface area contributed by atoms with Crippen LogP contribution in [0.25, 0.3) is 10.9 Å². The molecule has 0 amide bonds. The van der Waals surface area contributed by atoms with Crippen molar-refractivity contribution in [2.24, 2.45) is 11.8 Å². The fourth-order valence-corrected chi connectivity index (χ4v) is 6.16. The molecule has 0 radical (unpaired) electrons. The molecular weight excluding hydrogens is 494 g/mol. The van der Waals surface area contributed by atoms with E-state index < -0.39 is 12.1 Å². The van der Waals surface area contributed by atoms with Crippen LogP contribution in [0.2, 0.25) is 0 Å². The lowest BCUT2D eigenvalue weighted by molar-refractivity contribution is -0.139. The Morgan fingerprint density at radius 2 is 2.08 bits per heavy atom. The van der Waals surface area contributed by atoms with Gasteiger partial charge < -0.3 is 14.7 Å². The van der Waals surface area contributed by atoms with E-state index in [1.807, 2.05) is 24.3 Å². The number of nitrogens with zero attached hydrogens (tertiary/aromatic N) is 2. The number of aromatic nitrogens is 1. The van der Waals surface area contributed by atoms with Crippen molar-refractivity contribution in [3.63, 3.8) is 0 Å². The van der Waals surface area contributed by atoms with Gasteiger partial charge in [-0.15, -0.1) is 11.8 Å². The largest absolute Gasteiger partial charge is 0.497 e. The summed E-state index contributed by atoms with van der Waals surface area (Å²) in [7, 11) is 1.58. The second kappa shape index (κ2) is 13.2. The highest BCUT2D eigenvalue weighted by atomic mass is 32.2. The van der Waals surface area contributed by atoms with Gasteiger partial charge in [0.25, 0.3) is 0 Å². The zero-order valence-electron chi connectivity index (χ0n) is 21.1. The molecule has 0 unspecified atom stereocenters. The van der Waals surface area contributed by atoms with Crippen molar-refractivity contribution in [1.82, 2.24) is 9.88 Å². The van der Waals surface area contributed by atoms with Crippen LogP contribution in [0, 0.1) is 17.7 Å². The summed E-state index contributed by atoms with van der Waals surface area (Å²) < 4.78 is 34.6. The molecule has 1 aliphatic rings. The molecule has 1 saturated heterocycles. The summed E-state index contributed by atoms with van der Waals surface area (Å²) in [6.07, 6.45) is 3.31. The lowest BCUT2D eigenvalue weighted by Crippen LogP contribution is -2.42. The summed E-state index contributed by atoms with van der Waals surface area (Å²) >= 11 is 1.51. The number of likely N-dealkylation sites (tertiary alicyclic amines) is 1. The van der Waals surface area contributed by atoms with Crippen LogP contribution in [0.5, 0.6) is 5.75 Å². The Balaban J connectivity index is 1.31. The highest BCUT2D eigenvalue weighted by Gasteiger charge is 2.31. The Morgan fingerprint density at radius 3 is 2.86 bits per heavy atom. The second-order valence-electron chi connectivity index (χ2n) is 9.67. The monoisotopic (exact) mass is 528 g/mol. The number of hydrogen-bond acceptors (Lipinski definition) is 5. The molecule has 1 aliphatic heterocycles. The standard InChI is InChI=1S/C29H34F2N2O3S/c1-36-22-8-10-27-24(18-22)23(11-13-32-27)25(30)9-7-20-12-15-33(19-21(20)17-29(34)35)14-4-16-37-28-6-3-2-5-26(28)31/h2-3,5-6,8,10-11,13,18,20-21,25H,4,7,9,12,14-17,19H2,1H3,(H,34,35)/t20-,21+,25-/m1/s1. The summed E-state index contributed by atoms with van der Waals surface area (Å²) in [5, 5.41) is 10.3. The van der Waals surface area contributed by atoms with Crippen LogP contribution in [-0.2, 0) is 4.79 Å². The molecule has 2 aromatic carbocycles. The number of alkyl halides is 1. The Labute approximate surface area is 221 Å². The minimum atomic E-state index is -1.16. The maximum atomic E-state index is 15.5. The molecule has 198 valence electrons. The number of carbonyl (C=O) groups is 1. The highest BCUT2D eigenvalue weighted by molar-refractivity contribution is 7.99. The van der Waals surface area contributed by atoms with Gasteiger partial charge in [0, 0.05) is 29.4 Å². The van der Waals surface area contributed by atoms with Gasteiger partial charge in [0.2, 0.25) is 0 Å². The molecule has 3 aromatic rings. The molecule has 8 heteroatoms. The number of benzene rings is 2. The number of aliphatic carboxylic acids is 1. The van der Waals surface area contributed by atoms with Crippen LogP contribution in [0.3, 0.4) is 0 Å². The van der Waals surface area contributed by atoms with Gasteiger partial charge in [-0.25, -0.2) is 8.78 Å². The Bertz CT molecular complexity index is 1190. The van der Waals surface area contributed by atoms with E-state index in [1.165, 1.54) is 17.8 Å². The van der Waals surface area contributed by atoms with Crippen molar-refractivity contribution in [3.05, 3.63) is 66.1 Å². The molecule has 0 bridgehead atoms. The number of rotatable bonds is 12. The molecule has 1 aromatic heterocycles. The van der Waals surface area contributed by atoms with Crippen molar-refractivity contribution in [1.29, 1.82) is 0 Å². The fourth-order valence-electron chi connectivity index (χ4n) is 5.29. The van der Waals surface area contributed by atoms with Crippen LogP contribution in [-0.4, -0.2) is 53.5 Å². The number of hydrogen-bond donors (Lipinski definition) is 1. The Hall–Kier alpha value is -2.71. The average Bonchev–Trinajstić information content (AvgIpc) is 2.90. The average molecular weight is 529 g/mol. The minimum absolute atomic E-state index is 0.00745. The van der Waals surface area contributed by atoms with Gasteiger partial charge in [0.15, 0.2) is 0 Å². The summed E-state index contributed by atoms with van der Waals surface area (Å²) in [6, 6.07) is 14.0. The third-order valence-corrected chi connectivity index (χ3v) is 8.37. The van der Waals surface area contributed by atoms with Crippen molar-refractivity contribution in [3.8, 4) is 5.75 Å². The molecule has 1 fully saturated rings. The normalized spacial score (nSPS) is 19.1. The van der Waals surface area contributed by atoms with E-state index in [0.717, 1.165) is 42.6 Å². The number of ether oxygens (including phenoxy) is 1. The molecule has 1 N–H and O–H groups in total. The summed E-state index contributed by atoms with van der Waals surface area (Å²) in [6.45, 7) is 2.42. The molecule has 5 nitrogen and oxygen atoms in total. The van der Waals surface area contributed by atoms with Crippen LogP contribution in [0.4, 0.5) is 8.78 Å². The second-order valence-corrected chi connectivity index (χ2v) is 10.8. The van der Waals surface area contributed by atoms with E-state index in [1.54, 1.807) is 31.5 Å². The number of thioether (sulfide) groups is 1. The van der Waals surface area contributed by atoms with Crippen LogP contribution >= 0.6 is 11.8 Å². The smallest absolute Gasteiger partial charge is 0.303 e. The molecule has 3 atom stereocenters. The molecule has 0 spiro atoms. The number of fused-ring (bicyclic) bond motifs is 1. The fraction of sp³-hybridized carbons (Fsp3) is 0.448. The topological polar surface area (TPSA) is 62.7 Å². The summed E-state index contributed by atoms with van der Waals surface area (Å²) in [5.41, 5.74) is 1.33. The first-order valence-corrected chi connectivity index (χ1v) is 13.8. The van der Waals surface area contributed by atoms with Crippen LogP contribution in [0.1, 0.15) is 43.8 Å². The van der Waals surface area contributed by atoms with Crippen molar-refractivity contribution < 1.29 is 23.4 Å². The van der Waals surface area contributed by atoms with Gasteiger partial charge in [-0.3, -0.25) is 9.78 Å². The van der Waals surface area contributed by atoms with Crippen molar-refractivity contribution in [2.75, 3.05) is 32.5 Å². The first kappa shape index (κ1) is 27.3. The van der Waals surface area contributed by atoms with Gasteiger partial charge in [0.05, 0.1) is 12.6 Å². The number of pyridine rings is 1. The predicted molar refractivity (Wildman–Crippen MR) is 143 cm³/mol. The van der Waals surface area contributed by atoms with E-state index in [4.69, 9.17) is 4.74 Å². The van der Waals surface area contributed by atoms with Gasteiger partial charge >= 0.3 is 5.97 Å². The van der Waals surface area contributed by atoms with Crippen LogP contribution in [0.15, 0.2) is 59.6 Å². The lowest BCUT2D eigenvalue weighted by atomic mass is 9.79. The summed E-state index contributed by atoms with van der Waals surface area (Å²) in [5.74, 6) is 0.623. The van der Waals surface area contributed by atoms with E-state index in [2.05, 4.69) is 9.88 Å². The van der Waals surface area contributed by atoms with Gasteiger partial charge in [0.1, 0.15) is 17.7 Å². The Kier molecular flexibility index (Phi) is 9.75. The van der Waals surface area contributed by atoms with E-state index in [-0.39, 0.29) is 24.1 Å². The molecule has 0 saturated carbocycles. The maximum Gasteiger partial charge on any atom is 0.303 e. The van der Waals surface area contributed by atoms with Crippen LogP contribution < -0.4 is 4.74 Å². The molecule has 0 aliphatic carbocycles. The number of methoxy groups -OCH3 is 1. The first-order chi connectivity index (χ1) is 17.9. The molecule has 4 rings (SSSR count). The maximum absolute atomic E-state index is 15.5. The van der Waals surface area contributed by atoms with Gasteiger partial charge in [-0.2, -0.15) is 0 Å². The first-order valence-electron chi connectivity index (χ1n) is 12.8. The number of halogens is 2. The zero-order chi connectivity index (χ0) is 26.2. The van der Waals surface area contributed by atoms with E-state index in [0.29, 0.717) is 35.6 Å². The predicted octanol–water partition coefficient (Wildman–Crippen LogP) is 6.77. The number of piperidine rings is 1. The Morgan fingerprint density at radius 1 is 1.24 bits per heavy atom. The van der Waals surface area contributed by atoms with Gasteiger partial charge in [-0.1, -0.05) is 12.1 Å². The number of carboxylic acids is 1. The van der Waals surface area contributed by atoms with E-state index in [9.17, 15) is 14.3 Å². The molecule has 37 heavy (non-hydrogen) atoms. The SMILES string of the molecule is COc1ccc2nccc([C@H](F)CC[C@@H]3CCN(CCCSc4ccccc4F)C[C@@H]3CC(=O)O)c2c1. The summed E-state index contributed by atoms with van der Waals surface area (Å²) in [4.78, 5) is 18.9. The lowest BCUT2D eigenvalue weighted by Gasteiger charge is -2.38. The van der Waals surface area contributed by atoms with Gasteiger partial charge in [-0.05, 0) is 98.3 Å². The third-order valence-electron chi connectivity index (χ3n) is 7.24. The van der Waals surface area contributed by atoms with Crippen molar-refractivity contribution >= 4 is 28.6 Å². The van der Waals surface area contributed by atoms with E-state index >= 15 is 4.39 Å². The minimum Gasteiger partial charge on any atom is -0.497 e. The quantitative estimate of drug-likeness (QED) is 0.207. The molecular formula is C29H34F2N2O3S. The third kappa shape index (κ3) is 7.42. The number of carboxylic acid groups (broad SMARTS) is 1. The molecule has 2 heterocycles. The highest BCUT2D eigenvalue weighted by Crippen LogP contribution is 2.36. The van der Waals surface area contributed by atoms with Crippen molar-refractivity contribution in [2.45, 2.75) is 43.2 Å². The zero-order valence-corrected chi connectivity index (χ0v) is 21.9.